The first kappa shape index (κ1) is 23.6. The largest absolute Gasteiger partial charge is 0.471 e. The van der Waals surface area contributed by atoms with Crippen LogP contribution in [0.15, 0.2) is 24.3 Å². The zero-order chi connectivity index (χ0) is 23.8. The van der Waals surface area contributed by atoms with E-state index in [-0.39, 0.29) is 22.9 Å². The zero-order valence-corrected chi connectivity index (χ0v) is 17.9. The molecule has 1 aliphatic heterocycles. The van der Waals surface area contributed by atoms with Crippen molar-refractivity contribution in [2.75, 3.05) is 17.6 Å². The number of aromatic nitrogens is 1. The molecule has 174 valence electrons. The Morgan fingerprint density at radius 1 is 1.28 bits per heavy atom. The Morgan fingerprint density at radius 3 is 2.59 bits per heavy atom. The first-order valence-corrected chi connectivity index (χ1v) is 11.1. The second-order valence-corrected chi connectivity index (χ2v) is 8.96. The molecule has 0 fully saturated rings. The Bertz CT molecular complexity index is 1150. The number of carbonyl (C=O) groups is 1. The van der Waals surface area contributed by atoms with E-state index in [1.54, 1.807) is 6.92 Å². The molecule has 0 aliphatic carbocycles. The van der Waals surface area contributed by atoms with Crippen LogP contribution >= 0.6 is 0 Å². The standard InChI is InChI=1S/C19H19F4N3O5S/c1-9-6-11(12(20)7-13(9)26-32(3,28)29)10(2)24-17(27)15-8-30-18-14(31-15)4-5-16(25-18)19(21,22)23/h4-7,10,15,26H,8H2,1-3H3,(H,24,27)/t10-,15-/m1/s1. The monoisotopic (exact) mass is 477 g/mol. The van der Waals surface area contributed by atoms with Crippen molar-refractivity contribution in [2.45, 2.75) is 32.2 Å². The van der Waals surface area contributed by atoms with Gasteiger partial charge in [0, 0.05) is 5.56 Å². The number of ether oxygens (including phenoxy) is 2. The van der Waals surface area contributed by atoms with Crippen molar-refractivity contribution in [1.29, 1.82) is 0 Å². The van der Waals surface area contributed by atoms with E-state index in [9.17, 15) is 30.8 Å². The molecule has 32 heavy (non-hydrogen) atoms. The maximum Gasteiger partial charge on any atom is 0.433 e. The predicted octanol–water partition coefficient (Wildman–Crippen LogP) is 2.94. The van der Waals surface area contributed by atoms with Crippen LogP contribution in [0.5, 0.6) is 11.6 Å². The highest BCUT2D eigenvalue weighted by molar-refractivity contribution is 7.92. The van der Waals surface area contributed by atoms with Crippen molar-refractivity contribution in [3.63, 3.8) is 0 Å². The number of benzene rings is 1. The molecule has 0 unspecified atom stereocenters. The quantitative estimate of drug-likeness (QED) is 0.642. The van der Waals surface area contributed by atoms with Gasteiger partial charge < -0.3 is 14.8 Å². The summed E-state index contributed by atoms with van der Waals surface area (Å²) in [5, 5.41) is 2.55. The van der Waals surface area contributed by atoms with E-state index in [0.29, 0.717) is 11.6 Å². The number of hydrogen-bond donors (Lipinski definition) is 2. The minimum absolute atomic E-state index is 0.0682. The first-order chi connectivity index (χ1) is 14.7. The van der Waals surface area contributed by atoms with Gasteiger partial charge in [-0.25, -0.2) is 17.8 Å². The number of aryl methyl sites for hydroxylation is 1. The van der Waals surface area contributed by atoms with Crippen LogP contribution < -0.4 is 19.5 Å². The summed E-state index contributed by atoms with van der Waals surface area (Å²) in [6.07, 6.45) is -4.92. The van der Waals surface area contributed by atoms with E-state index < -0.39 is 52.4 Å². The molecular formula is C19H19F4N3O5S. The molecule has 1 aromatic carbocycles. The highest BCUT2D eigenvalue weighted by Gasteiger charge is 2.36. The fourth-order valence-corrected chi connectivity index (χ4v) is 3.60. The Labute approximate surface area is 181 Å². The lowest BCUT2D eigenvalue weighted by Gasteiger charge is -2.27. The average molecular weight is 477 g/mol. The first-order valence-electron chi connectivity index (χ1n) is 9.20. The Balaban J connectivity index is 1.71. The summed E-state index contributed by atoms with van der Waals surface area (Å²) in [5.74, 6) is -1.94. The summed E-state index contributed by atoms with van der Waals surface area (Å²) in [6, 6.07) is 3.28. The number of pyridine rings is 1. The van der Waals surface area contributed by atoms with Gasteiger partial charge in [0.1, 0.15) is 18.1 Å². The summed E-state index contributed by atoms with van der Waals surface area (Å²) in [7, 11) is -3.60. The second-order valence-electron chi connectivity index (χ2n) is 7.21. The van der Waals surface area contributed by atoms with Gasteiger partial charge in [-0.3, -0.25) is 9.52 Å². The van der Waals surface area contributed by atoms with E-state index in [4.69, 9.17) is 9.47 Å². The molecule has 2 atom stereocenters. The minimum Gasteiger partial charge on any atom is -0.471 e. The predicted molar refractivity (Wildman–Crippen MR) is 105 cm³/mol. The number of hydrogen-bond acceptors (Lipinski definition) is 6. The summed E-state index contributed by atoms with van der Waals surface area (Å²) >= 11 is 0. The third-order valence-corrected chi connectivity index (χ3v) is 5.10. The number of sulfonamides is 1. The van der Waals surface area contributed by atoms with Crippen LogP contribution in [0.2, 0.25) is 0 Å². The fourth-order valence-electron chi connectivity index (χ4n) is 2.98. The van der Waals surface area contributed by atoms with Gasteiger partial charge in [-0.15, -0.1) is 0 Å². The third kappa shape index (κ3) is 5.39. The molecule has 0 radical (unpaired) electrons. The number of alkyl halides is 3. The lowest BCUT2D eigenvalue weighted by molar-refractivity contribution is -0.142. The van der Waals surface area contributed by atoms with Gasteiger partial charge in [-0.2, -0.15) is 13.2 Å². The SMILES string of the molecule is Cc1cc([C@@H](C)NC(=O)[C@H]2COc3nc(C(F)(F)F)ccc3O2)c(F)cc1NS(C)(=O)=O. The molecule has 0 spiro atoms. The molecule has 1 aromatic heterocycles. The normalized spacial score (nSPS) is 16.9. The lowest BCUT2D eigenvalue weighted by atomic mass is 10.0. The van der Waals surface area contributed by atoms with Gasteiger partial charge in [-0.1, -0.05) is 0 Å². The molecule has 2 N–H and O–H groups in total. The van der Waals surface area contributed by atoms with Gasteiger partial charge in [0.15, 0.2) is 5.75 Å². The van der Waals surface area contributed by atoms with Crippen LogP contribution in [0, 0.1) is 12.7 Å². The Hall–Kier alpha value is -3.09. The van der Waals surface area contributed by atoms with Gasteiger partial charge in [-0.05, 0) is 43.7 Å². The van der Waals surface area contributed by atoms with Crippen LogP contribution in [0.4, 0.5) is 23.2 Å². The van der Waals surface area contributed by atoms with Gasteiger partial charge in [0.25, 0.3) is 11.8 Å². The second kappa shape index (κ2) is 8.45. The van der Waals surface area contributed by atoms with Crippen molar-refractivity contribution in [3.05, 3.63) is 46.9 Å². The summed E-state index contributed by atoms with van der Waals surface area (Å²) in [5.41, 5.74) is -0.552. The van der Waals surface area contributed by atoms with Crippen LogP contribution in [0.3, 0.4) is 0 Å². The average Bonchev–Trinajstić information content (AvgIpc) is 2.67. The molecule has 1 aliphatic rings. The zero-order valence-electron chi connectivity index (χ0n) is 17.1. The highest BCUT2D eigenvalue weighted by atomic mass is 32.2. The highest BCUT2D eigenvalue weighted by Crippen LogP contribution is 2.35. The van der Waals surface area contributed by atoms with Crippen LogP contribution in [-0.2, 0) is 21.0 Å². The van der Waals surface area contributed by atoms with Crippen molar-refractivity contribution in [2.24, 2.45) is 0 Å². The van der Waals surface area contributed by atoms with E-state index >= 15 is 0 Å². The maximum atomic E-state index is 14.5. The maximum absolute atomic E-state index is 14.5. The van der Waals surface area contributed by atoms with Crippen LogP contribution in [0.25, 0.3) is 0 Å². The Kier molecular flexibility index (Phi) is 6.22. The van der Waals surface area contributed by atoms with Crippen molar-refractivity contribution in [3.8, 4) is 11.6 Å². The number of nitrogens with zero attached hydrogens (tertiary/aromatic N) is 1. The molecule has 8 nitrogen and oxygen atoms in total. The summed E-state index contributed by atoms with van der Waals surface area (Å²) < 4.78 is 88.3. The van der Waals surface area contributed by atoms with Gasteiger partial charge >= 0.3 is 6.18 Å². The van der Waals surface area contributed by atoms with Crippen LogP contribution in [0.1, 0.15) is 29.8 Å². The molecule has 2 aromatic rings. The lowest BCUT2D eigenvalue weighted by Crippen LogP contribution is -2.45. The third-order valence-electron chi connectivity index (χ3n) is 4.51. The van der Waals surface area contributed by atoms with Crippen molar-refractivity contribution in [1.82, 2.24) is 10.3 Å². The van der Waals surface area contributed by atoms with E-state index in [1.807, 2.05) is 0 Å². The summed E-state index contributed by atoms with van der Waals surface area (Å²) in [4.78, 5) is 15.9. The number of rotatable bonds is 5. The summed E-state index contributed by atoms with van der Waals surface area (Å²) in [6.45, 7) is 2.69. The number of anilines is 1. The molecule has 0 saturated carbocycles. The number of carbonyl (C=O) groups excluding carboxylic acids is 1. The van der Waals surface area contributed by atoms with Gasteiger partial charge in [0.2, 0.25) is 16.1 Å². The van der Waals surface area contributed by atoms with Crippen molar-refractivity contribution < 1.29 is 40.2 Å². The number of fused-ring (bicyclic) bond motifs is 1. The number of amides is 1. The van der Waals surface area contributed by atoms with Crippen molar-refractivity contribution >= 4 is 21.6 Å². The molecule has 0 bridgehead atoms. The molecule has 1 amide bonds. The number of halogens is 4. The molecular weight excluding hydrogens is 458 g/mol. The van der Waals surface area contributed by atoms with Gasteiger partial charge in [0.05, 0.1) is 18.0 Å². The minimum atomic E-state index is -4.66. The van der Waals surface area contributed by atoms with Crippen LogP contribution in [-0.4, -0.2) is 38.3 Å². The molecule has 2 heterocycles. The number of nitrogens with one attached hydrogen (secondary N) is 2. The van der Waals surface area contributed by atoms with E-state index in [1.165, 1.54) is 13.0 Å². The topological polar surface area (TPSA) is 107 Å². The Morgan fingerprint density at radius 2 is 1.97 bits per heavy atom. The molecule has 0 saturated heterocycles. The molecule has 3 rings (SSSR count). The molecule has 13 heteroatoms. The smallest absolute Gasteiger partial charge is 0.433 e. The van der Waals surface area contributed by atoms with E-state index in [0.717, 1.165) is 18.4 Å². The fraction of sp³-hybridized carbons (Fsp3) is 0.368. The van der Waals surface area contributed by atoms with E-state index in [2.05, 4.69) is 15.0 Å².